The first-order chi connectivity index (χ1) is 10.7. The number of methoxy groups -OCH3 is 1. The van der Waals surface area contributed by atoms with Gasteiger partial charge in [-0.1, -0.05) is 32.6 Å². The van der Waals surface area contributed by atoms with Gasteiger partial charge in [-0.15, -0.1) is 0 Å². The van der Waals surface area contributed by atoms with E-state index in [9.17, 15) is 9.59 Å². The summed E-state index contributed by atoms with van der Waals surface area (Å²) in [5, 5.41) is 0. The zero-order valence-electron chi connectivity index (χ0n) is 13.9. The zero-order valence-corrected chi connectivity index (χ0v) is 13.9. The molecular weight excluding hydrogens is 288 g/mol. The van der Waals surface area contributed by atoms with Crippen LogP contribution in [0.2, 0.25) is 0 Å². The van der Waals surface area contributed by atoms with Crippen molar-refractivity contribution in [1.82, 2.24) is 0 Å². The molecule has 130 valence electrons. The Bertz CT molecular complexity index is 280. The molecule has 0 aromatic rings. The maximum absolute atomic E-state index is 11.4. The molecule has 0 atom stereocenters. The number of hydrogen-bond donors (Lipinski definition) is 0. The Balaban J connectivity index is 3.18. The molecule has 0 saturated carbocycles. The Morgan fingerprint density at radius 1 is 0.727 bits per heavy atom. The second-order valence-electron chi connectivity index (χ2n) is 4.94. The zero-order chi connectivity index (χ0) is 16.5. The van der Waals surface area contributed by atoms with Crippen LogP contribution in [0, 0.1) is 0 Å². The van der Waals surface area contributed by atoms with Gasteiger partial charge in [0.2, 0.25) is 0 Å². The van der Waals surface area contributed by atoms with Crippen molar-refractivity contribution in [3.05, 3.63) is 0 Å². The molecule has 0 fully saturated rings. The molecule has 0 unspecified atom stereocenters. The van der Waals surface area contributed by atoms with Crippen LogP contribution in [0.5, 0.6) is 0 Å². The quantitative estimate of drug-likeness (QED) is 0.341. The average Bonchev–Trinajstić information content (AvgIpc) is 2.52. The molecule has 6 nitrogen and oxygen atoms in total. The van der Waals surface area contributed by atoms with Crippen molar-refractivity contribution < 1.29 is 28.5 Å². The SMILES string of the molecule is CCCCCCCC(=O)OCCOCCOCCC(=O)OC. The topological polar surface area (TPSA) is 71.1 Å². The molecule has 0 amide bonds. The minimum atomic E-state index is -0.289. The van der Waals surface area contributed by atoms with E-state index in [1.807, 2.05) is 0 Å². The van der Waals surface area contributed by atoms with Crippen molar-refractivity contribution in [2.24, 2.45) is 0 Å². The largest absolute Gasteiger partial charge is 0.469 e. The molecular formula is C16H30O6. The Morgan fingerprint density at radius 2 is 1.36 bits per heavy atom. The first kappa shape index (κ1) is 20.9. The van der Waals surface area contributed by atoms with Crippen molar-refractivity contribution in [3.8, 4) is 0 Å². The summed E-state index contributed by atoms with van der Waals surface area (Å²) >= 11 is 0. The molecule has 0 aliphatic carbocycles. The van der Waals surface area contributed by atoms with Gasteiger partial charge >= 0.3 is 11.9 Å². The summed E-state index contributed by atoms with van der Waals surface area (Å²) < 4.78 is 20.0. The molecule has 0 bridgehead atoms. The molecule has 6 heteroatoms. The van der Waals surface area contributed by atoms with Crippen molar-refractivity contribution >= 4 is 11.9 Å². The molecule has 0 heterocycles. The molecule has 0 aromatic carbocycles. The minimum Gasteiger partial charge on any atom is -0.469 e. The van der Waals surface area contributed by atoms with E-state index >= 15 is 0 Å². The Hall–Kier alpha value is -1.14. The number of carbonyl (C=O) groups is 2. The molecule has 0 aliphatic heterocycles. The van der Waals surface area contributed by atoms with Crippen LogP contribution in [0.3, 0.4) is 0 Å². The van der Waals surface area contributed by atoms with Crippen LogP contribution in [-0.2, 0) is 28.5 Å². The number of hydrogen-bond acceptors (Lipinski definition) is 6. The van der Waals surface area contributed by atoms with Crippen LogP contribution < -0.4 is 0 Å². The lowest BCUT2D eigenvalue weighted by atomic mass is 10.1. The van der Waals surface area contributed by atoms with E-state index < -0.39 is 0 Å². The van der Waals surface area contributed by atoms with Crippen LogP contribution in [0.25, 0.3) is 0 Å². The summed E-state index contributed by atoms with van der Waals surface area (Å²) in [4.78, 5) is 22.2. The van der Waals surface area contributed by atoms with E-state index in [2.05, 4.69) is 11.7 Å². The monoisotopic (exact) mass is 318 g/mol. The van der Waals surface area contributed by atoms with Crippen LogP contribution in [0.15, 0.2) is 0 Å². The van der Waals surface area contributed by atoms with Gasteiger partial charge in [0.05, 0.1) is 40.0 Å². The van der Waals surface area contributed by atoms with Gasteiger partial charge < -0.3 is 18.9 Å². The fraction of sp³-hybridized carbons (Fsp3) is 0.875. The van der Waals surface area contributed by atoms with Gasteiger partial charge in [-0.05, 0) is 6.42 Å². The molecule has 0 radical (unpaired) electrons. The first-order valence-corrected chi connectivity index (χ1v) is 8.08. The summed E-state index contributed by atoms with van der Waals surface area (Å²) in [6, 6.07) is 0. The third kappa shape index (κ3) is 15.3. The summed E-state index contributed by atoms with van der Waals surface area (Å²) in [5.74, 6) is -0.447. The van der Waals surface area contributed by atoms with Crippen molar-refractivity contribution in [3.63, 3.8) is 0 Å². The smallest absolute Gasteiger partial charge is 0.307 e. The second kappa shape index (κ2) is 16.2. The third-order valence-corrected chi connectivity index (χ3v) is 3.03. The number of ether oxygens (including phenoxy) is 4. The highest BCUT2D eigenvalue weighted by atomic mass is 16.6. The van der Waals surface area contributed by atoms with Crippen molar-refractivity contribution in [1.29, 1.82) is 0 Å². The molecule has 0 aliphatic rings. The summed E-state index contributed by atoms with van der Waals surface area (Å²) in [5.41, 5.74) is 0. The lowest BCUT2D eigenvalue weighted by molar-refractivity contribution is -0.145. The summed E-state index contributed by atoms with van der Waals surface area (Å²) in [6.45, 7) is 3.94. The van der Waals surface area contributed by atoms with Gasteiger partial charge in [-0.2, -0.15) is 0 Å². The van der Waals surface area contributed by atoms with Gasteiger partial charge in [0.15, 0.2) is 0 Å². The normalized spacial score (nSPS) is 10.5. The van der Waals surface area contributed by atoms with Crippen LogP contribution >= 0.6 is 0 Å². The van der Waals surface area contributed by atoms with E-state index in [4.69, 9.17) is 14.2 Å². The summed E-state index contributed by atoms with van der Waals surface area (Å²) in [6.07, 6.45) is 6.32. The van der Waals surface area contributed by atoms with Crippen molar-refractivity contribution in [2.75, 3.05) is 40.1 Å². The maximum atomic E-state index is 11.4. The highest BCUT2D eigenvalue weighted by Crippen LogP contribution is 2.05. The Morgan fingerprint density at radius 3 is 2.05 bits per heavy atom. The molecule has 22 heavy (non-hydrogen) atoms. The Labute approximate surface area is 133 Å². The molecule has 0 spiro atoms. The average molecular weight is 318 g/mol. The van der Waals surface area contributed by atoms with Crippen molar-refractivity contribution in [2.45, 2.75) is 51.9 Å². The van der Waals surface area contributed by atoms with E-state index in [0.29, 0.717) is 32.8 Å². The van der Waals surface area contributed by atoms with Crippen LogP contribution in [0.4, 0.5) is 0 Å². The van der Waals surface area contributed by atoms with E-state index in [-0.39, 0.29) is 25.0 Å². The summed E-state index contributed by atoms with van der Waals surface area (Å²) in [7, 11) is 1.35. The third-order valence-electron chi connectivity index (χ3n) is 3.03. The van der Waals surface area contributed by atoms with Gasteiger partial charge in [-0.3, -0.25) is 9.59 Å². The molecule has 0 rings (SSSR count). The number of esters is 2. The minimum absolute atomic E-state index is 0.158. The molecule has 0 saturated heterocycles. The van der Waals surface area contributed by atoms with Crippen LogP contribution in [0.1, 0.15) is 51.9 Å². The highest BCUT2D eigenvalue weighted by molar-refractivity contribution is 5.69. The first-order valence-electron chi connectivity index (χ1n) is 8.08. The maximum Gasteiger partial charge on any atom is 0.307 e. The fourth-order valence-electron chi connectivity index (χ4n) is 1.74. The number of rotatable bonds is 15. The lowest BCUT2D eigenvalue weighted by Crippen LogP contribution is -2.13. The predicted molar refractivity (Wildman–Crippen MR) is 82.6 cm³/mol. The van der Waals surface area contributed by atoms with Gasteiger partial charge in [0.1, 0.15) is 6.61 Å². The number of unbranched alkanes of at least 4 members (excludes halogenated alkanes) is 4. The Kier molecular flexibility index (Phi) is 15.4. The van der Waals surface area contributed by atoms with E-state index in [0.717, 1.165) is 12.8 Å². The fourth-order valence-corrected chi connectivity index (χ4v) is 1.74. The van der Waals surface area contributed by atoms with Crippen LogP contribution in [-0.4, -0.2) is 52.1 Å². The van der Waals surface area contributed by atoms with E-state index in [1.165, 1.54) is 26.4 Å². The number of carbonyl (C=O) groups excluding carboxylic acids is 2. The van der Waals surface area contributed by atoms with E-state index in [1.54, 1.807) is 0 Å². The molecule has 0 aromatic heterocycles. The van der Waals surface area contributed by atoms with Gasteiger partial charge in [-0.25, -0.2) is 0 Å². The predicted octanol–water partition coefficient (Wildman–Crippen LogP) is 2.49. The lowest BCUT2D eigenvalue weighted by Gasteiger charge is -2.07. The highest BCUT2D eigenvalue weighted by Gasteiger charge is 2.02. The van der Waals surface area contributed by atoms with Gasteiger partial charge in [0, 0.05) is 6.42 Å². The van der Waals surface area contributed by atoms with Gasteiger partial charge in [0.25, 0.3) is 0 Å². The second-order valence-corrected chi connectivity index (χ2v) is 4.94. The molecule has 0 N–H and O–H groups in total. The standard InChI is InChI=1S/C16H30O6/c1-3-4-5-6-7-8-16(18)22-14-13-21-12-11-20-10-9-15(17)19-2/h3-14H2,1-2H3.